The minimum atomic E-state index is -0.540. The molecule has 0 radical (unpaired) electrons. The van der Waals surface area contributed by atoms with Crippen LogP contribution in [0.15, 0.2) is 54.6 Å². The third-order valence-corrected chi connectivity index (χ3v) is 5.86. The lowest BCUT2D eigenvalue weighted by Crippen LogP contribution is -2.50. The van der Waals surface area contributed by atoms with E-state index in [9.17, 15) is 4.79 Å². The third kappa shape index (κ3) is 6.88. The van der Waals surface area contributed by atoms with Crippen molar-refractivity contribution in [1.82, 2.24) is 10.2 Å². The van der Waals surface area contributed by atoms with Crippen LogP contribution in [0.5, 0.6) is 5.75 Å². The van der Waals surface area contributed by atoms with Gasteiger partial charge in [0.25, 0.3) is 5.91 Å². The van der Waals surface area contributed by atoms with Crippen molar-refractivity contribution in [3.63, 3.8) is 0 Å². The van der Waals surface area contributed by atoms with Crippen LogP contribution in [0.25, 0.3) is 0 Å². The number of hydrogen-bond donors (Lipinski definition) is 1. The van der Waals surface area contributed by atoms with Crippen LogP contribution in [0.1, 0.15) is 57.1 Å². The second-order valence-corrected chi connectivity index (χ2v) is 8.78. The summed E-state index contributed by atoms with van der Waals surface area (Å²) in [4.78, 5) is 15.5. The molecule has 0 bridgehead atoms. The summed E-state index contributed by atoms with van der Waals surface area (Å²) < 4.78 is 6.21. The number of hydrogen-bond acceptors (Lipinski definition) is 3. The molecule has 1 N–H and O–H groups in total. The Kier molecular flexibility index (Phi) is 8.32. The Balaban J connectivity index is 1.73. The SMILES string of the molecule is Cc1cccc(CN(CC(Oc2ccccc2)C(=O)NC2CCCCC2)C(C)C)c1. The van der Waals surface area contributed by atoms with Gasteiger partial charge in [-0.15, -0.1) is 0 Å². The molecule has 0 aliphatic heterocycles. The summed E-state index contributed by atoms with van der Waals surface area (Å²) in [5, 5.41) is 3.27. The summed E-state index contributed by atoms with van der Waals surface area (Å²) >= 11 is 0. The molecule has 0 saturated heterocycles. The molecule has 4 heteroatoms. The molecule has 0 aromatic heterocycles. The van der Waals surface area contributed by atoms with Gasteiger partial charge in [-0.25, -0.2) is 0 Å². The lowest BCUT2D eigenvalue weighted by molar-refractivity contribution is -0.130. The van der Waals surface area contributed by atoms with Crippen LogP contribution in [-0.4, -0.2) is 35.5 Å². The van der Waals surface area contributed by atoms with Crippen LogP contribution in [0.3, 0.4) is 0 Å². The number of aryl methyl sites for hydroxylation is 1. The van der Waals surface area contributed by atoms with Gasteiger partial charge in [0.1, 0.15) is 5.75 Å². The molecule has 30 heavy (non-hydrogen) atoms. The summed E-state index contributed by atoms with van der Waals surface area (Å²) in [7, 11) is 0. The maximum atomic E-state index is 13.2. The molecule has 2 aromatic rings. The van der Waals surface area contributed by atoms with Crippen molar-refractivity contribution in [2.45, 2.75) is 77.6 Å². The number of ether oxygens (including phenoxy) is 1. The molecule has 0 spiro atoms. The molecule has 1 fully saturated rings. The first-order valence-electron chi connectivity index (χ1n) is 11.3. The average molecular weight is 409 g/mol. The average Bonchev–Trinajstić information content (AvgIpc) is 2.74. The second-order valence-electron chi connectivity index (χ2n) is 8.78. The van der Waals surface area contributed by atoms with E-state index in [0.717, 1.165) is 25.1 Å². The second kappa shape index (κ2) is 11.2. The van der Waals surface area contributed by atoms with Gasteiger partial charge in [0.2, 0.25) is 0 Å². The number of para-hydroxylation sites is 1. The summed E-state index contributed by atoms with van der Waals surface area (Å²) in [6.45, 7) is 7.81. The fourth-order valence-corrected chi connectivity index (χ4v) is 4.09. The van der Waals surface area contributed by atoms with E-state index in [1.165, 1.54) is 30.4 Å². The van der Waals surface area contributed by atoms with E-state index in [4.69, 9.17) is 4.74 Å². The highest BCUT2D eigenvalue weighted by molar-refractivity contribution is 5.81. The van der Waals surface area contributed by atoms with Gasteiger partial charge in [0, 0.05) is 25.2 Å². The van der Waals surface area contributed by atoms with Crippen LogP contribution in [-0.2, 0) is 11.3 Å². The minimum Gasteiger partial charge on any atom is -0.479 e. The van der Waals surface area contributed by atoms with Crippen molar-refractivity contribution >= 4 is 5.91 Å². The number of carbonyl (C=O) groups is 1. The molecule has 1 unspecified atom stereocenters. The van der Waals surface area contributed by atoms with Crippen LogP contribution < -0.4 is 10.1 Å². The predicted octanol–water partition coefficient (Wildman–Crippen LogP) is 5.10. The summed E-state index contributed by atoms with van der Waals surface area (Å²) in [6, 6.07) is 18.8. The smallest absolute Gasteiger partial charge is 0.262 e. The number of nitrogens with one attached hydrogen (secondary N) is 1. The zero-order chi connectivity index (χ0) is 21.3. The van der Waals surface area contributed by atoms with E-state index < -0.39 is 6.10 Å². The first-order valence-corrected chi connectivity index (χ1v) is 11.3. The van der Waals surface area contributed by atoms with Gasteiger partial charge in [-0.2, -0.15) is 0 Å². The number of benzene rings is 2. The molecule has 1 aliphatic rings. The summed E-state index contributed by atoms with van der Waals surface area (Å²) in [6.07, 6.45) is 5.26. The highest BCUT2D eigenvalue weighted by Crippen LogP contribution is 2.19. The summed E-state index contributed by atoms with van der Waals surface area (Å²) in [5.74, 6) is 0.737. The number of amides is 1. The van der Waals surface area contributed by atoms with Gasteiger partial charge < -0.3 is 10.1 Å². The van der Waals surface area contributed by atoms with E-state index in [0.29, 0.717) is 12.6 Å². The van der Waals surface area contributed by atoms with Crippen LogP contribution in [0, 0.1) is 6.92 Å². The predicted molar refractivity (Wildman–Crippen MR) is 123 cm³/mol. The number of rotatable bonds is 9. The molecule has 1 aliphatic carbocycles. The quantitative estimate of drug-likeness (QED) is 0.627. The molecule has 2 aromatic carbocycles. The van der Waals surface area contributed by atoms with Crippen LogP contribution >= 0.6 is 0 Å². The maximum absolute atomic E-state index is 13.2. The lowest BCUT2D eigenvalue weighted by atomic mass is 9.95. The summed E-state index contributed by atoms with van der Waals surface area (Å²) in [5.41, 5.74) is 2.51. The van der Waals surface area contributed by atoms with Crippen molar-refractivity contribution in [1.29, 1.82) is 0 Å². The Hall–Kier alpha value is -2.33. The Labute approximate surface area is 181 Å². The van der Waals surface area contributed by atoms with E-state index in [1.54, 1.807) is 0 Å². The molecule has 3 rings (SSSR count). The molecular weight excluding hydrogens is 372 g/mol. The third-order valence-electron chi connectivity index (χ3n) is 5.86. The van der Waals surface area contributed by atoms with Crippen LogP contribution in [0.4, 0.5) is 0 Å². The van der Waals surface area contributed by atoms with Gasteiger partial charge in [-0.05, 0) is 51.3 Å². The molecule has 4 nitrogen and oxygen atoms in total. The monoisotopic (exact) mass is 408 g/mol. The fraction of sp³-hybridized carbons (Fsp3) is 0.500. The largest absolute Gasteiger partial charge is 0.479 e. The van der Waals surface area contributed by atoms with Gasteiger partial charge in [-0.1, -0.05) is 67.3 Å². The van der Waals surface area contributed by atoms with Crippen molar-refractivity contribution in [2.75, 3.05) is 6.54 Å². The standard InChI is InChI=1S/C26H36N2O2/c1-20(2)28(18-22-12-10-11-21(3)17-22)19-25(30-24-15-8-5-9-16-24)26(29)27-23-13-6-4-7-14-23/h5,8-12,15-17,20,23,25H,4,6-7,13-14,18-19H2,1-3H3,(H,27,29). The van der Waals surface area contributed by atoms with Gasteiger partial charge >= 0.3 is 0 Å². The normalized spacial score (nSPS) is 15.9. The number of carbonyl (C=O) groups excluding carboxylic acids is 1. The highest BCUT2D eigenvalue weighted by Gasteiger charge is 2.27. The van der Waals surface area contributed by atoms with Gasteiger partial charge in [0.15, 0.2) is 6.10 Å². The van der Waals surface area contributed by atoms with Crippen molar-refractivity contribution in [3.05, 3.63) is 65.7 Å². The first-order chi connectivity index (χ1) is 14.5. The Bertz CT molecular complexity index is 785. The van der Waals surface area contributed by atoms with E-state index in [1.807, 2.05) is 30.3 Å². The lowest BCUT2D eigenvalue weighted by Gasteiger charge is -2.32. The first kappa shape index (κ1) is 22.4. The zero-order valence-electron chi connectivity index (χ0n) is 18.6. The van der Waals surface area contributed by atoms with Gasteiger partial charge in [-0.3, -0.25) is 9.69 Å². The molecule has 1 atom stereocenters. The van der Waals surface area contributed by atoms with Crippen molar-refractivity contribution in [3.8, 4) is 5.75 Å². The molecule has 1 saturated carbocycles. The zero-order valence-corrected chi connectivity index (χ0v) is 18.6. The Morgan fingerprint density at radius 1 is 1.07 bits per heavy atom. The van der Waals surface area contributed by atoms with E-state index in [-0.39, 0.29) is 11.9 Å². The maximum Gasteiger partial charge on any atom is 0.262 e. The van der Waals surface area contributed by atoms with Crippen LogP contribution in [0.2, 0.25) is 0 Å². The Morgan fingerprint density at radius 3 is 2.47 bits per heavy atom. The molecule has 162 valence electrons. The minimum absolute atomic E-state index is 0.000597. The fourth-order valence-electron chi connectivity index (χ4n) is 4.09. The van der Waals surface area contributed by atoms with E-state index in [2.05, 4.69) is 55.3 Å². The molecule has 1 amide bonds. The van der Waals surface area contributed by atoms with E-state index >= 15 is 0 Å². The van der Waals surface area contributed by atoms with Crippen molar-refractivity contribution < 1.29 is 9.53 Å². The topological polar surface area (TPSA) is 41.6 Å². The molecular formula is C26H36N2O2. The van der Waals surface area contributed by atoms with Crippen molar-refractivity contribution in [2.24, 2.45) is 0 Å². The number of nitrogens with zero attached hydrogens (tertiary/aromatic N) is 1. The molecule has 0 heterocycles. The van der Waals surface area contributed by atoms with Gasteiger partial charge in [0.05, 0.1) is 0 Å². The highest BCUT2D eigenvalue weighted by atomic mass is 16.5. The Morgan fingerprint density at radius 2 is 1.80 bits per heavy atom.